The molecular weight excluding hydrogens is 270 g/mol. The lowest BCUT2D eigenvalue weighted by atomic mass is 9.99. The number of nitrogens with zero attached hydrogens (tertiary/aromatic N) is 2. The first kappa shape index (κ1) is 16.8. The molecule has 0 bridgehead atoms. The molecule has 0 fully saturated rings. The van der Waals surface area contributed by atoms with Gasteiger partial charge >= 0.3 is 0 Å². The zero-order valence-electron chi connectivity index (χ0n) is 14.4. The summed E-state index contributed by atoms with van der Waals surface area (Å²) in [5.41, 5.74) is 5.38. The number of rotatable bonds is 8. The van der Waals surface area contributed by atoms with Crippen molar-refractivity contribution in [1.29, 1.82) is 0 Å². The van der Waals surface area contributed by atoms with E-state index in [2.05, 4.69) is 68.0 Å². The van der Waals surface area contributed by atoms with Crippen LogP contribution in [0.25, 0.3) is 0 Å². The molecule has 3 nitrogen and oxygen atoms in total. The third-order valence-corrected chi connectivity index (χ3v) is 4.23. The molecule has 0 aliphatic rings. The Labute approximate surface area is 134 Å². The molecule has 22 heavy (non-hydrogen) atoms. The van der Waals surface area contributed by atoms with E-state index in [1.807, 2.05) is 0 Å². The first-order valence-electron chi connectivity index (χ1n) is 8.60. The Morgan fingerprint density at radius 2 is 1.77 bits per heavy atom. The summed E-state index contributed by atoms with van der Waals surface area (Å²) >= 11 is 0. The quantitative estimate of drug-likeness (QED) is 0.794. The molecule has 1 unspecified atom stereocenters. The third kappa shape index (κ3) is 3.58. The number of nitrogens with one attached hydrogen (secondary N) is 1. The van der Waals surface area contributed by atoms with Crippen molar-refractivity contribution in [2.75, 3.05) is 6.54 Å². The van der Waals surface area contributed by atoms with Crippen LogP contribution in [0.4, 0.5) is 0 Å². The third-order valence-electron chi connectivity index (χ3n) is 4.23. The van der Waals surface area contributed by atoms with E-state index < -0.39 is 0 Å². The van der Waals surface area contributed by atoms with Gasteiger partial charge in [-0.1, -0.05) is 58.0 Å². The highest BCUT2D eigenvalue weighted by Crippen LogP contribution is 2.26. The highest BCUT2D eigenvalue weighted by atomic mass is 15.3. The number of benzene rings is 1. The summed E-state index contributed by atoms with van der Waals surface area (Å²) in [7, 11) is 0. The number of hydrogen-bond acceptors (Lipinski definition) is 2. The van der Waals surface area contributed by atoms with Gasteiger partial charge in [-0.05, 0) is 31.4 Å². The van der Waals surface area contributed by atoms with E-state index >= 15 is 0 Å². The molecule has 2 rings (SSSR count). The molecule has 0 radical (unpaired) electrons. The van der Waals surface area contributed by atoms with Crippen LogP contribution >= 0.6 is 0 Å². The van der Waals surface area contributed by atoms with Crippen LogP contribution in [0.3, 0.4) is 0 Å². The van der Waals surface area contributed by atoms with Gasteiger partial charge < -0.3 is 5.32 Å². The second kappa shape index (κ2) is 8.14. The predicted molar refractivity (Wildman–Crippen MR) is 93.2 cm³/mol. The Hall–Kier alpha value is -1.61. The van der Waals surface area contributed by atoms with Crippen molar-refractivity contribution in [2.24, 2.45) is 0 Å². The van der Waals surface area contributed by atoms with Crippen molar-refractivity contribution >= 4 is 0 Å². The monoisotopic (exact) mass is 299 g/mol. The summed E-state index contributed by atoms with van der Waals surface area (Å²) in [5, 5.41) is 8.54. The zero-order chi connectivity index (χ0) is 15.9. The van der Waals surface area contributed by atoms with Gasteiger partial charge in [0.15, 0.2) is 0 Å². The van der Waals surface area contributed by atoms with Crippen molar-refractivity contribution in [1.82, 2.24) is 15.1 Å². The number of aromatic nitrogens is 2. The average Bonchev–Trinajstić information content (AvgIpc) is 2.90. The summed E-state index contributed by atoms with van der Waals surface area (Å²) < 4.78 is 2.21. The van der Waals surface area contributed by atoms with Gasteiger partial charge in [0, 0.05) is 17.3 Å². The minimum absolute atomic E-state index is 0.416. The van der Waals surface area contributed by atoms with Crippen molar-refractivity contribution in [3.05, 3.63) is 52.8 Å². The van der Waals surface area contributed by atoms with Gasteiger partial charge in [0.25, 0.3) is 0 Å². The fourth-order valence-corrected chi connectivity index (χ4v) is 3.19. The van der Waals surface area contributed by atoms with Crippen molar-refractivity contribution in [2.45, 2.75) is 59.5 Å². The molecule has 0 aliphatic carbocycles. The van der Waals surface area contributed by atoms with Gasteiger partial charge in [0.1, 0.15) is 0 Å². The molecule has 120 valence electrons. The molecule has 0 saturated heterocycles. The molecule has 1 aromatic heterocycles. The Bertz CT molecular complexity index is 572. The van der Waals surface area contributed by atoms with Gasteiger partial charge in [-0.15, -0.1) is 0 Å². The summed E-state index contributed by atoms with van der Waals surface area (Å²) in [6, 6.07) is 11.0. The summed E-state index contributed by atoms with van der Waals surface area (Å²) in [6.07, 6.45) is 3.12. The van der Waals surface area contributed by atoms with Crippen LogP contribution in [-0.2, 0) is 19.4 Å². The van der Waals surface area contributed by atoms with Gasteiger partial charge in [-0.2, -0.15) is 5.10 Å². The fraction of sp³-hybridized carbons (Fsp3) is 0.526. The van der Waals surface area contributed by atoms with Crippen LogP contribution in [0.2, 0.25) is 0 Å². The molecule has 0 aliphatic heterocycles. The van der Waals surface area contributed by atoms with Gasteiger partial charge in [0.2, 0.25) is 0 Å². The zero-order valence-corrected chi connectivity index (χ0v) is 14.4. The smallest absolute Gasteiger partial charge is 0.0672 e. The molecule has 0 amide bonds. The highest BCUT2D eigenvalue weighted by Gasteiger charge is 2.21. The molecule has 1 N–H and O–H groups in total. The second-order valence-electron chi connectivity index (χ2n) is 5.68. The van der Waals surface area contributed by atoms with Gasteiger partial charge in [-0.3, -0.25) is 4.68 Å². The van der Waals surface area contributed by atoms with Crippen molar-refractivity contribution in [3.63, 3.8) is 0 Å². The maximum atomic E-state index is 4.92. The average molecular weight is 299 g/mol. The SMILES string of the molecule is CCNC(CC)c1c(CC)nn(Cc2ccccc2)c1CC. The van der Waals surface area contributed by atoms with Crippen LogP contribution in [0.1, 0.15) is 62.7 Å². The summed E-state index contributed by atoms with van der Waals surface area (Å²) in [4.78, 5) is 0. The lowest BCUT2D eigenvalue weighted by Gasteiger charge is -2.18. The molecule has 0 saturated carbocycles. The molecular formula is C19H29N3. The van der Waals surface area contributed by atoms with Gasteiger partial charge in [-0.25, -0.2) is 0 Å². The van der Waals surface area contributed by atoms with Crippen molar-refractivity contribution < 1.29 is 0 Å². The van der Waals surface area contributed by atoms with Crippen LogP contribution in [0, 0.1) is 0 Å². The lowest BCUT2D eigenvalue weighted by molar-refractivity contribution is 0.527. The minimum atomic E-state index is 0.416. The van der Waals surface area contributed by atoms with E-state index in [0.717, 1.165) is 32.4 Å². The number of hydrogen-bond donors (Lipinski definition) is 1. The van der Waals surface area contributed by atoms with Crippen LogP contribution in [0.15, 0.2) is 30.3 Å². The molecule has 0 spiro atoms. The molecule has 1 atom stereocenters. The van der Waals surface area contributed by atoms with E-state index in [9.17, 15) is 0 Å². The van der Waals surface area contributed by atoms with Crippen LogP contribution in [-0.4, -0.2) is 16.3 Å². The van der Waals surface area contributed by atoms with Crippen molar-refractivity contribution in [3.8, 4) is 0 Å². The normalized spacial score (nSPS) is 12.5. The standard InChI is InChI=1S/C19H29N3/c1-5-16(20-8-4)19-17(6-2)21-22(18(19)7-3)14-15-12-10-9-11-13-15/h9-13,16,20H,5-8,14H2,1-4H3. The topological polar surface area (TPSA) is 29.9 Å². The first-order chi connectivity index (χ1) is 10.7. The summed E-state index contributed by atoms with van der Waals surface area (Å²) in [6.45, 7) is 10.7. The van der Waals surface area contributed by atoms with E-state index in [1.165, 1.54) is 22.5 Å². The highest BCUT2D eigenvalue weighted by molar-refractivity contribution is 5.31. The molecule has 1 aromatic carbocycles. The first-order valence-corrected chi connectivity index (χ1v) is 8.60. The van der Waals surface area contributed by atoms with E-state index in [-0.39, 0.29) is 0 Å². The fourth-order valence-electron chi connectivity index (χ4n) is 3.19. The molecule has 1 heterocycles. The maximum absolute atomic E-state index is 4.92. The Morgan fingerprint density at radius 3 is 2.32 bits per heavy atom. The Morgan fingerprint density at radius 1 is 1.05 bits per heavy atom. The van der Waals surface area contributed by atoms with E-state index in [4.69, 9.17) is 5.10 Å². The van der Waals surface area contributed by atoms with Gasteiger partial charge in [0.05, 0.1) is 12.2 Å². The largest absolute Gasteiger partial charge is 0.310 e. The second-order valence-corrected chi connectivity index (χ2v) is 5.68. The Kier molecular flexibility index (Phi) is 6.20. The lowest BCUT2D eigenvalue weighted by Crippen LogP contribution is -2.22. The molecule has 3 heteroatoms. The van der Waals surface area contributed by atoms with Crippen LogP contribution < -0.4 is 5.32 Å². The summed E-state index contributed by atoms with van der Waals surface area (Å²) in [5.74, 6) is 0. The predicted octanol–water partition coefficient (Wildman–Crippen LogP) is 4.12. The Balaban J connectivity index is 2.41. The minimum Gasteiger partial charge on any atom is -0.310 e. The van der Waals surface area contributed by atoms with E-state index in [0.29, 0.717) is 6.04 Å². The van der Waals surface area contributed by atoms with Crippen LogP contribution in [0.5, 0.6) is 0 Å². The van der Waals surface area contributed by atoms with E-state index in [1.54, 1.807) is 0 Å². The number of aryl methyl sites for hydroxylation is 1. The maximum Gasteiger partial charge on any atom is 0.0672 e. The molecule has 2 aromatic rings.